The van der Waals surface area contributed by atoms with Gasteiger partial charge >= 0.3 is 0 Å². The van der Waals surface area contributed by atoms with Gasteiger partial charge in [0.1, 0.15) is 5.75 Å². The van der Waals surface area contributed by atoms with Gasteiger partial charge in [-0.3, -0.25) is 4.79 Å². The number of benzene rings is 1. The number of sulfone groups is 1. The highest BCUT2D eigenvalue weighted by molar-refractivity contribution is 7.91. The number of nitrogens with one attached hydrogen (secondary N) is 1. The number of hydrogen-bond donors (Lipinski definition) is 1. The fraction of sp³-hybridized carbons (Fsp3) is 0.562. The van der Waals surface area contributed by atoms with Crippen molar-refractivity contribution in [3.05, 3.63) is 24.3 Å². The van der Waals surface area contributed by atoms with E-state index in [0.717, 1.165) is 19.5 Å². The van der Waals surface area contributed by atoms with Crippen molar-refractivity contribution in [3.63, 3.8) is 0 Å². The second-order valence-corrected chi connectivity index (χ2v) is 7.99. The summed E-state index contributed by atoms with van der Waals surface area (Å²) in [6.07, 6.45) is 0.903. The molecule has 1 heterocycles. The van der Waals surface area contributed by atoms with Crippen LogP contribution in [0.15, 0.2) is 29.2 Å². The lowest BCUT2D eigenvalue weighted by Crippen LogP contribution is -2.42. The summed E-state index contributed by atoms with van der Waals surface area (Å²) in [7, 11) is -0.233. The van der Waals surface area contributed by atoms with E-state index in [-0.39, 0.29) is 22.6 Å². The molecule has 1 aliphatic rings. The van der Waals surface area contributed by atoms with E-state index in [4.69, 9.17) is 4.74 Å². The van der Waals surface area contributed by atoms with Crippen molar-refractivity contribution >= 4 is 15.7 Å². The predicted octanol–water partition coefficient (Wildman–Crippen LogP) is 0.925. The minimum Gasteiger partial charge on any atom is -0.497 e. The van der Waals surface area contributed by atoms with E-state index >= 15 is 0 Å². The van der Waals surface area contributed by atoms with Crippen molar-refractivity contribution in [2.75, 3.05) is 33.0 Å². The molecule has 1 aliphatic heterocycles. The summed E-state index contributed by atoms with van der Waals surface area (Å²) >= 11 is 0. The van der Waals surface area contributed by atoms with Crippen molar-refractivity contribution in [2.45, 2.75) is 24.3 Å². The van der Waals surface area contributed by atoms with E-state index in [1.807, 2.05) is 0 Å². The van der Waals surface area contributed by atoms with Crippen molar-refractivity contribution in [3.8, 4) is 5.75 Å². The molecule has 1 aromatic carbocycles. The first-order valence-corrected chi connectivity index (χ1v) is 9.34. The molecule has 1 amide bonds. The summed E-state index contributed by atoms with van der Waals surface area (Å²) in [6.45, 7) is 3.32. The maximum atomic E-state index is 12.5. The zero-order chi connectivity index (χ0) is 17.0. The highest BCUT2D eigenvalue weighted by atomic mass is 32.2. The predicted molar refractivity (Wildman–Crippen MR) is 88.3 cm³/mol. The fourth-order valence-electron chi connectivity index (χ4n) is 2.78. The Labute approximate surface area is 137 Å². The Balaban J connectivity index is 2.04. The number of nitrogens with zero attached hydrogens (tertiary/aromatic N) is 1. The molecule has 0 spiro atoms. The Hall–Kier alpha value is -1.60. The molecular weight excluding hydrogens is 316 g/mol. The van der Waals surface area contributed by atoms with E-state index in [9.17, 15) is 13.2 Å². The minimum atomic E-state index is -3.51. The molecule has 128 valence electrons. The van der Waals surface area contributed by atoms with Gasteiger partial charge in [0.15, 0.2) is 9.84 Å². The lowest BCUT2D eigenvalue weighted by Gasteiger charge is -2.26. The van der Waals surface area contributed by atoms with Crippen molar-refractivity contribution in [1.29, 1.82) is 0 Å². The molecule has 2 atom stereocenters. The third-order valence-electron chi connectivity index (χ3n) is 4.24. The van der Waals surface area contributed by atoms with Gasteiger partial charge in [0.2, 0.25) is 5.91 Å². The maximum absolute atomic E-state index is 12.5. The summed E-state index contributed by atoms with van der Waals surface area (Å²) in [5.41, 5.74) is 0. The standard InChI is InChI=1S/C16H24N2O4S/c1-12(16(19)18(2)13-8-9-17-10-13)11-23(20,21)15-6-4-14(22-3)5-7-15/h4-7,12-13,17H,8-11H2,1-3H3. The van der Waals surface area contributed by atoms with Crippen molar-refractivity contribution in [1.82, 2.24) is 10.2 Å². The third kappa shape index (κ3) is 4.23. The van der Waals surface area contributed by atoms with Gasteiger partial charge in [0.05, 0.1) is 17.8 Å². The van der Waals surface area contributed by atoms with Crippen LogP contribution in [0.2, 0.25) is 0 Å². The second-order valence-electron chi connectivity index (χ2n) is 5.95. The Morgan fingerprint density at radius 3 is 2.57 bits per heavy atom. The number of rotatable bonds is 6. The highest BCUT2D eigenvalue weighted by Gasteiger charge is 2.29. The SMILES string of the molecule is COc1ccc(S(=O)(=O)CC(C)C(=O)N(C)C2CCNC2)cc1. The van der Waals surface area contributed by atoms with Gasteiger partial charge in [-0.05, 0) is 37.2 Å². The molecule has 0 bridgehead atoms. The fourth-order valence-corrected chi connectivity index (χ4v) is 4.32. The quantitative estimate of drug-likeness (QED) is 0.834. The Morgan fingerprint density at radius 1 is 1.39 bits per heavy atom. The average Bonchev–Trinajstić information content (AvgIpc) is 3.07. The molecule has 0 radical (unpaired) electrons. The van der Waals surface area contributed by atoms with Crippen LogP contribution in [0, 0.1) is 5.92 Å². The first-order valence-electron chi connectivity index (χ1n) is 7.69. The average molecular weight is 340 g/mol. The third-order valence-corrected chi connectivity index (χ3v) is 6.17. The Morgan fingerprint density at radius 2 is 2.04 bits per heavy atom. The van der Waals surface area contributed by atoms with Crippen LogP contribution in [0.25, 0.3) is 0 Å². The van der Waals surface area contributed by atoms with Gasteiger partial charge in [0.25, 0.3) is 0 Å². The molecule has 7 heteroatoms. The zero-order valence-corrected chi connectivity index (χ0v) is 14.6. The first-order chi connectivity index (χ1) is 10.8. The monoisotopic (exact) mass is 340 g/mol. The molecule has 1 fully saturated rings. The Kier molecular flexibility index (Phi) is 5.64. The molecule has 2 unspecified atom stereocenters. The van der Waals surface area contributed by atoms with Crippen LogP contribution in [-0.2, 0) is 14.6 Å². The normalized spacial score (nSPS) is 19.3. The minimum absolute atomic E-state index is 0.129. The van der Waals surface area contributed by atoms with Crippen LogP contribution < -0.4 is 10.1 Å². The first kappa shape index (κ1) is 17.7. The van der Waals surface area contributed by atoms with E-state index < -0.39 is 15.8 Å². The smallest absolute Gasteiger partial charge is 0.226 e. The van der Waals surface area contributed by atoms with Crippen LogP contribution in [0.1, 0.15) is 13.3 Å². The maximum Gasteiger partial charge on any atom is 0.226 e. The number of carbonyl (C=O) groups excluding carboxylic acids is 1. The van der Waals surface area contributed by atoms with Gasteiger partial charge in [-0.1, -0.05) is 6.92 Å². The molecule has 2 rings (SSSR count). The summed E-state index contributed by atoms with van der Waals surface area (Å²) in [6, 6.07) is 6.38. The molecule has 6 nitrogen and oxygen atoms in total. The molecule has 1 aromatic rings. The molecule has 1 saturated heterocycles. The van der Waals surface area contributed by atoms with E-state index in [1.165, 1.54) is 19.2 Å². The lowest BCUT2D eigenvalue weighted by molar-refractivity contribution is -0.134. The van der Waals surface area contributed by atoms with Crippen LogP contribution in [-0.4, -0.2) is 58.3 Å². The van der Waals surface area contributed by atoms with Crippen LogP contribution in [0.3, 0.4) is 0 Å². The number of ether oxygens (including phenoxy) is 1. The topological polar surface area (TPSA) is 75.7 Å². The number of amides is 1. The van der Waals surface area contributed by atoms with E-state index in [1.54, 1.807) is 31.0 Å². The molecule has 23 heavy (non-hydrogen) atoms. The van der Waals surface area contributed by atoms with Gasteiger partial charge in [-0.15, -0.1) is 0 Å². The molecule has 0 saturated carbocycles. The summed E-state index contributed by atoms with van der Waals surface area (Å²) in [5.74, 6) is -0.298. The van der Waals surface area contributed by atoms with E-state index in [2.05, 4.69) is 5.32 Å². The second kappa shape index (κ2) is 7.31. The van der Waals surface area contributed by atoms with Gasteiger partial charge < -0.3 is 15.0 Å². The number of methoxy groups -OCH3 is 1. The lowest BCUT2D eigenvalue weighted by atomic mass is 10.1. The molecular formula is C16H24N2O4S. The van der Waals surface area contributed by atoms with Crippen molar-refractivity contribution < 1.29 is 17.9 Å². The van der Waals surface area contributed by atoms with Crippen LogP contribution in [0.5, 0.6) is 5.75 Å². The summed E-state index contributed by atoms with van der Waals surface area (Å²) < 4.78 is 30.0. The highest BCUT2D eigenvalue weighted by Crippen LogP contribution is 2.20. The van der Waals surface area contributed by atoms with Gasteiger partial charge in [-0.25, -0.2) is 8.42 Å². The molecule has 0 aliphatic carbocycles. The van der Waals surface area contributed by atoms with Gasteiger partial charge in [-0.2, -0.15) is 0 Å². The van der Waals surface area contributed by atoms with E-state index in [0.29, 0.717) is 5.75 Å². The number of carbonyl (C=O) groups is 1. The molecule has 1 N–H and O–H groups in total. The van der Waals surface area contributed by atoms with Crippen molar-refractivity contribution in [2.24, 2.45) is 5.92 Å². The van der Waals surface area contributed by atoms with Gasteiger partial charge in [0, 0.05) is 25.6 Å². The number of likely N-dealkylation sites (N-methyl/N-ethyl adjacent to an activating group) is 1. The largest absolute Gasteiger partial charge is 0.497 e. The summed E-state index contributed by atoms with van der Waals surface area (Å²) in [4.78, 5) is 14.3. The zero-order valence-electron chi connectivity index (χ0n) is 13.8. The molecule has 0 aromatic heterocycles. The Bertz CT molecular complexity index is 637. The van der Waals surface area contributed by atoms with Crippen LogP contribution in [0.4, 0.5) is 0 Å². The number of hydrogen-bond acceptors (Lipinski definition) is 5. The van der Waals surface area contributed by atoms with Crippen LogP contribution >= 0.6 is 0 Å². The summed E-state index contributed by atoms with van der Waals surface area (Å²) in [5, 5.41) is 3.21.